The summed E-state index contributed by atoms with van der Waals surface area (Å²) in [6.45, 7) is 1.57. The van der Waals surface area contributed by atoms with E-state index < -0.39 is 27.0 Å². The fourth-order valence-corrected chi connectivity index (χ4v) is 4.11. The van der Waals surface area contributed by atoms with Crippen molar-refractivity contribution in [3.63, 3.8) is 0 Å². The molecule has 0 radical (unpaired) electrons. The van der Waals surface area contributed by atoms with E-state index in [4.69, 9.17) is 9.47 Å². The normalized spacial score (nSPS) is 13.5. The lowest BCUT2D eigenvalue weighted by Crippen LogP contribution is -2.31. The number of sulfonamides is 1. The first-order valence-electron chi connectivity index (χ1n) is 7.49. The van der Waals surface area contributed by atoms with Gasteiger partial charge in [-0.05, 0) is 31.2 Å². The zero-order chi connectivity index (χ0) is 18.9. The minimum Gasteiger partial charge on any atom is -0.454 e. The second-order valence-electron chi connectivity index (χ2n) is 5.20. The number of halogens is 3. The summed E-state index contributed by atoms with van der Waals surface area (Å²) < 4.78 is 79.0. The summed E-state index contributed by atoms with van der Waals surface area (Å²) >= 11 is 0. The van der Waals surface area contributed by atoms with E-state index in [0.29, 0.717) is 11.5 Å². The SMILES string of the molecule is CCN(c1ccc2c(c1)OCO2)S(=O)(=O)c1ccccc1OC(F)(F)F. The Kier molecular flexibility index (Phi) is 4.61. The maximum absolute atomic E-state index is 13.0. The van der Waals surface area contributed by atoms with Gasteiger partial charge in [-0.2, -0.15) is 0 Å². The molecule has 140 valence electrons. The molecule has 0 unspecified atom stereocenters. The zero-order valence-electron chi connectivity index (χ0n) is 13.5. The smallest absolute Gasteiger partial charge is 0.454 e. The molecule has 1 aliphatic rings. The number of benzene rings is 2. The molecule has 0 spiro atoms. The highest BCUT2D eigenvalue weighted by atomic mass is 32.2. The van der Waals surface area contributed by atoms with E-state index in [2.05, 4.69) is 4.74 Å². The van der Waals surface area contributed by atoms with Crippen LogP contribution < -0.4 is 18.5 Å². The van der Waals surface area contributed by atoms with Crippen molar-refractivity contribution in [1.82, 2.24) is 0 Å². The van der Waals surface area contributed by atoms with Gasteiger partial charge in [-0.25, -0.2) is 8.42 Å². The van der Waals surface area contributed by atoms with Gasteiger partial charge in [0.25, 0.3) is 10.0 Å². The van der Waals surface area contributed by atoms with Gasteiger partial charge < -0.3 is 14.2 Å². The fraction of sp³-hybridized carbons (Fsp3) is 0.250. The van der Waals surface area contributed by atoms with Crippen LogP contribution in [0.25, 0.3) is 0 Å². The first-order valence-corrected chi connectivity index (χ1v) is 8.93. The molecule has 3 rings (SSSR count). The molecule has 2 aromatic carbocycles. The molecule has 6 nitrogen and oxygen atoms in total. The summed E-state index contributed by atoms with van der Waals surface area (Å²) in [5, 5.41) is 0. The highest BCUT2D eigenvalue weighted by Gasteiger charge is 2.35. The molecular weight excluding hydrogens is 375 g/mol. The Morgan fingerprint density at radius 2 is 1.81 bits per heavy atom. The van der Waals surface area contributed by atoms with Crippen molar-refractivity contribution in [1.29, 1.82) is 0 Å². The van der Waals surface area contributed by atoms with Crippen LogP contribution in [-0.4, -0.2) is 28.1 Å². The van der Waals surface area contributed by atoms with Crippen molar-refractivity contribution in [3.05, 3.63) is 42.5 Å². The topological polar surface area (TPSA) is 65.1 Å². The summed E-state index contributed by atoms with van der Waals surface area (Å²) in [5.74, 6) is 0.0261. The monoisotopic (exact) mass is 389 g/mol. The summed E-state index contributed by atoms with van der Waals surface area (Å²) in [4.78, 5) is -0.586. The number of alkyl halides is 3. The molecule has 0 N–H and O–H groups in total. The van der Waals surface area contributed by atoms with Crippen LogP contribution in [0.1, 0.15) is 6.92 Å². The van der Waals surface area contributed by atoms with Gasteiger partial charge in [0.15, 0.2) is 11.5 Å². The third-order valence-electron chi connectivity index (χ3n) is 3.57. The van der Waals surface area contributed by atoms with E-state index in [-0.39, 0.29) is 19.0 Å². The lowest BCUT2D eigenvalue weighted by Gasteiger charge is -2.24. The third kappa shape index (κ3) is 3.50. The van der Waals surface area contributed by atoms with Crippen molar-refractivity contribution < 1.29 is 35.8 Å². The van der Waals surface area contributed by atoms with E-state index in [1.807, 2.05) is 0 Å². The number of para-hydroxylation sites is 1. The van der Waals surface area contributed by atoms with Crippen LogP contribution in [0.15, 0.2) is 47.4 Å². The number of hydrogen-bond donors (Lipinski definition) is 0. The molecule has 0 saturated heterocycles. The van der Waals surface area contributed by atoms with E-state index >= 15 is 0 Å². The van der Waals surface area contributed by atoms with Crippen LogP contribution in [0.3, 0.4) is 0 Å². The van der Waals surface area contributed by atoms with Crippen molar-refractivity contribution in [2.24, 2.45) is 0 Å². The van der Waals surface area contributed by atoms with Gasteiger partial charge >= 0.3 is 6.36 Å². The molecule has 1 heterocycles. The molecule has 26 heavy (non-hydrogen) atoms. The Morgan fingerprint density at radius 3 is 2.50 bits per heavy atom. The van der Waals surface area contributed by atoms with Crippen LogP contribution in [0.2, 0.25) is 0 Å². The first kappa shape index (κ1) is 18.2. The highest BCUT2D eigenvalue weighted by molar-refractivity contribution is 7.93. The second-order valence-corrected chi connectivity index (χ2v) is 7.03. The lowest BCUT2D eigenvalue weighted by molar-refractivity contribution is -0.275. The quantitative estimate of drug-likeness (QED) is 0.783. The van der Waals surface area contributed by atoms with Crippen LogP contribution in [-0.2, 0) is 10.0 Å². The summed E-state index contributed by atoms with van der Waals surface area (Å²) in [6, 6.07) is 9.08. The lowest BCUT2D eigenvalue weighted by atomic mass is 10.3. The molecule has 0 amide bonds. The number of ether oxygens (including phenoxy) is 3. The highest BCUT2D eigenvalue weighted by Crippen LogP contribution is 2.38. The van der Waals surface area contributed by atoms with Crippen LogP contribution in [0.5, 0.6) is 17.2 Å². The van der Waals surface area contributed by atoms with Crippen molar-refractivity contribution in [2.75, 3.05) is 17.6 Å². The van der Waals surface area contributed by atoms with E-state index in [9.17, 15) is 21.6 Å². The molecule has 1 aliphatic heterocycles. The fourth-order valence-electron chi connectivity index (χ4n) is 2.52. The average Bonchev–Trinajstić information content (AvgIpc) is 3.02. The molecule has 0 atom stereocenters. The largest absolute Gasteiger partial charge is 0.573 e. The molecule has 0 aliphatic carbocycles. The molecule has 2 aromatic rings. The Bertz CT molecular complexity index is 914. The zero-order valence-corrected chi connectivity index (χ0v) is 14.3. The molecule has 0 bridgehead atoms. The number of anilines is 1. The standard InChI is InChI=1S/C16H14F3NO5S/c1-2-20(11-7-8-12-14(9-11)24-10-23-12)26(21,22)15-6-4-3-5-13(15)25-16(17,18)19/h3-9H,2,10H2,1H3. The van der Waals surface area contributed by atoms with Crippen molar-refractivity contribution in [3.8, 4) is 17.2 Å². The van der Waals surface area contributed by atoms with Gasteiger partial charge in [-0.1, -0.05) is 12.1 Å². The Morgan fingerprint density at radius 1 is 1.12 bits per heavy atom. The number of nitrogens with zero attached hydrogens (tertiary/aromatic N) is 1. The minimum atomic E-state index is -5.01. The molecule has 10 heteroatoms. The number of hydrogen-bond acceptors (Lipinski definition) is 5. The van der Waals surface area contributed by atoms with Gasteiger partial charge in [0.1, 0.15) is 10.6 Å². The van der Waals surface area contributed by atoms with Gasteiger partial charge in [-0.3, -0.25) is 4.31 Å². The van der Waals surface area contributed by atoms with Gasteiger partial charge in [0, 0.05) is 12.6 Å². The average molecular weight is 389 g/mol. The maximum atomic E-state index is 13.0. The Balaban J connectivity index is 2.04. The van der Waals surface area contributed by atoms with Gasteiger partial charge in [-0.15, -0.1) is 13.2 Å². The molecular formula is C16H14F3NO5S. The minimum absolute atomic E-state index is 0.0116. The first-order chi connectivity index (χ1) is 12.2. The van der Waals surface area contributed by atoms with Crippen molar-refractivity contribution in [2.45, 2.75) is 18.2 Å². The van der Waals surface area contributed by atoms with Crippen LogP contribution >= 0.6 is 0 Å². The van der Waals surface area contributed by atoms with Crippen molar-refractivity contribution >= 4 is 15.7 Å². The molecule has 0 saturated carbocycles. The summed E-state index contributed by atoms with van der Waals surface area (Å²) in [5.41, 5.74) is 0.235. The molecule has 0 aromatic heterocycles. The van der Waals surface area contributed by atoms with Crippen LogP contribution in [0, 0.1) is 0 Å². The number of rotatable bonds is 5. The predicted octanol–water partition coefficient (Wildman–Crippen LogP) is 3.53. The second kappa shape index (κ2) is 6.60. The Labute approximate surface area is 147 Å². The Hall–Kier alpha value is -2.62. The van der Waals surface area contributed by atoms with E-state index in [0.717, 1.165) is 16.4 Å². The summed E-state index contributed by atoms with van der Waals surface area (Å²) in [7, 11) is -4.31. The van der Waals surface area contributed by atoms with E-state index in [1.165, 1.54) is 30.3 Å². The predicted molar refractivity (Wildman–Crippen MR) is 85.9 cm³/mol. The van der Waals surface area contributed by atoms with Gasteiger partial charge in [0.05, 0.1) is 5.69 Å². The maximum Gasteiger partial charge on any atom is 0.573 e. The third-order valence-corrected chi connectivity index (χ3v) is 5.52. The van der Waals surface area contributed by atoms with Crippen LogP contribution in [0.4, 0.5) is 18.9 Å². The van der Waals surface area contributed by atoms with E-state index in [1.54, 1.807) is 6.92 Å². The van der Waals surface area contributed by atoms with Gasteiger partial charge in [0.2, 0.25) is 6.79 Å². The molecule has 0 fully saturated rings. The number of fused-ring (bicyclic) bond motifs is 1. The summed E-state index contributed by atoms with van der Waals surface area (Å²) in [6.07, 6.45) is -5.01.